The van der Waals surface area contributed by atoms with Crippen molar-refractivity contribution in [2.75, 3.05) is 29.1 Å². The SMILES string of the molecule is C=CCn1c(SCC(=O)Nc2ccc(N3CCCC3)cc2)nnc1C1CC1. The molecule has 142 valence electrons. The third-order valence-electron chi connectivity index (χ3n) is 4.95. The van der Waals surface area contributed by atoms with Crippen LogP contribution in [0.4, 0.5) is 11.4 Å². The lowest BCUT2D eigenvalue weighted by molar-refractivity contribution is -0.113. The van der Waals surface area contributed by atoms with Gasteiger partial charge in [0, 0.05) is 36.9 Å². The highest BCUT2D eigenvalue weighted by molar-refractivity contribution is 7.99. The summed E-state index contributed by atoms with van der Waals surface area (Å²) < 4.78 is 2.08. The number of aromatic nitrogens is 3. The number of carbonyl (C=O) groups excluding carboxylic acids is 1. The molecule has 1 aromatic heterocycles. The molecule has 0 bridgehead atoms. The van der Waals surface area contributed by atoms with Crippen LogP contribution < -0.4 is 10.2 Å². The highest BCUT2D eigenvalue weighted by atomic mass is 32.2. The van der Waals surface area contributed by atoms with Crippen LogP contribution in [0.5, 0.6) is 0 Å². The van der Waals surface area contributed by atoms with E-state index in [1.807, 2.05) is 18.2 Å². The summed E-state index contributed by atoms with van der Waals surface area (Å²) in [4.78, 5) is 14.7. The van der Waals surface area contributed by atoms with Crippen molar-refractivity contribution < 1.29 is 4.79 Å². The molecule has 0 spiro atoms. The van der Waals surface area contributed by atoms with Gasteiger partial charge in [-0.3, -0.25) is 4.79 Å². The molecule has 2 fully saturated rings. The Morgan fingerprint density at radius 2 is 1.96 bits per heavy atom. The number of nitrogens with zero attached hydrogens (tertiary/aromatic N) is 4. The number of amides is 1. The third kappa shape index (κ3) is 4.35. The van der Waals surface area contributed by atoms with E-state index in [-0.39, 0.29) is 5.91 Å². The quantitative estimate of drug-likeness (QED) is 0.557. The molecule has 27 heavy (non-hydrogen) atoms. The van der Waals surface area contributed by atoms with Gasteiger partial charge in [0.1, 0.15) is 5.82 Å². The minimum absolute atomic E-state index is 0.0324. The van der Waals surface area contributed by atoms with Crippen LogP contribution in [0.3, 0.4) is 0 Å². The molecule has 1 aliphatic carbocycles. The fourth-order valence-corrected chi connectivity index (χ4v) is 4.16. The number of rotatable bonds is 8. The van der Waals surface area contributed by atoms with Crippen LogP contribution in [0.25, 0.3) is 0 Å². The Balaban J connectivity index is 1.32. The minimum atomic E-state index is -0.0324. The lowest BCUT2D eigenvalue weighted by atomic mass is 10.2. The maximum absolute atomic E-state index is 12.3. The zero-order chi connectivity index (χ0) is 18.6. The molecule has 2 heterocycles. The molecule has 2 aromatic rings. The summed E-state index contributed by atoms with van der Waals surface area (Å²) in [6.07, 6.45) is 6.71. The largest absolute Gasteiger partial charge is 0.372 e. The van der Waals surface area contributed by atoms with Crippen molar-refractivity contribution in [3.8, 4) is 0 Å². The maximum Gasteiger partial charge on any atom is 0.234 e. The van der Waals surface area contributed by atoms with Crippen molar-refractivity contribution in [2.24, 2.45) is 0 Å². The molecule has 1 saturated carbocycles. The number of benzene rings is 1. The average Bonchev–Trinajstić information content (AvgIpc) is 3.22. The maximum atomic E-state index is 12.3. The van der Waals surface area contributed by atoms with E-state index < -0.39 is 0 Å². The Labute approximate surface area is 164 Å². The standard InChI is InChI=1S/C20H25N5OS/c1-2-11-25-19(15-5-6-15)22-23-20(25)27-14-18(26)21-16-7-9-17(10-8-16)24-12-3-4-13-24/h2,7-10,15H,1,3-6,11-14H2,(H,21,26). The Bertz CT molecular complexity index is 806. The Kier molecular flexibility index (Phi) is 5.48. The number of thioether (sulfide) groups is 1. The monoisotopic (exact) mass is 383 g/mol. The molecular formula is C20H25N5OS. The molecular weight excluding hydrogens is 358 g/mol. The summed E-state index contributed by atoms with van der Waals surface area (Å²) in [5.41, 5.74) is 2.06. The summed E-state index contributed by atoms with van der Waals surface area (Å²) in [7, 11) is 0. The first-order chi connectivity index (χ1) is 13.2. The summed E-state index contributed by atoms with van der Waals surface area (Å²) in [5.74, 6) is 1.83. The van der Waals surface area contributed by atoms with Crippen molar-refractivity contribution in [1.82, 2.24) is 14.8 Å². The van der Waals surface area contributed by atoms with E-state index in [4.69, 9.17) is 0 Å². The first-order valence-corrected chi connectivity index (χ1v) is 10.5. The van der Waals surface area contributed by atoms with Gasteiger partial charge in [-0.2, -0.15) is 0 Å². The Morgan fingerprint density at radius 3 is 2.63 bits per heavy atom. The lowest BCUT2D eigenvalue weighted by Gasteiger charge is -2.17. The van der Waals surface area contributed by atoms with Crippen LogP contribution in [-0.2, 0) is 11.3 Å². The number of hydrogen-bond acceptors (Lipinski definition) is 5. The molecule has 7 heteroatoms. The molecule has 1 amide bonds. The van der Waals surface area contributed by atoms with Gasteiger partial charge in [0.2, 0.25) is 5.91 Å². The topological polar surface area (TPSA) is 63.1 Å². The molecule has 6 nitrogen and oxygen atoms in total. The van der Waals surface area contributed by atoms with Gasteiger partial charge in [-0.25, -0.2) is 0 Å². The first kappa shape index (κ1) is 18.1. The summed E-state index contributed by atoms with van der Waals surface area (Å²) in [6, 6.07) is 8.11. The van der Waals surface area contributed by atoms with Crippen LogP contribution in [0.1, 0.15) is 37.4 Å². The van der Waals surface area contributed by atoms with Crippen molar-refractivity contribution in [1.29, 1.82) is 0 Å². The van der Waals surface area contributed by atoms with E-state index in [2.05, 4.69) is 43.7 Å². The smallest absolute Gasteiger partial charge is 0.234 e. The molecule has 1 aliphatic heterocycles. The van der Waals surface area contributed by atoms with Gasteiger partial charge in [0.05, 0.1) is 5.75 Å². The van der Waals surface area contributed by atoms with Gasteiger partial charge in [0.25, 0.3) is 0 Å². The third-order valence-corrected chi connectivity index (χ3v) is 5.92. The van der Waals surface area contributed by atoms with Crippen LogP contribution in [0.15, 0.2) is 42.1 Å². The fourth-order valence-electron chi connectivity index (χ4n) is 3.41. The molecule has 1 aromatic carbocycles. The highest BCUT2D eigenvalue weighted by Crippen LogP contribution is 2.40. The predicted molar refractivity (Wildman–Crippen MR) is 109 cm³/mol. The molecule has 0 radical (unpaired) electrons. The predicted octanol–water partition coefficient (Wildman–Crippen LogP) is 3.67. The van der Waals surface area contributed by atoms with Crippen molar-refractivity contribution >= 4 is 29.0 Å². The summed E-state index contributed by atoms with van der Waals surface area (Å²) in [5, 5.41) is 12.3. The van der Waals surface area contributed by atoms with Gasteiger partial charge in [-0.15, -0.1) is 16.8 Å². The number of nitrogens with one attached hydrogen (secondary N) is 1. The lowest BCUT2D eigenvalue weighted by Crippen LogP contribution is -2.18. The number of anilines is 2. The van der Waals surface area contributed by atoms with Crippen molar-refractivity contribution in [3.63, 3.8) is 0 Å². The molecule has 1 saturated heterocycles. The Morgan fingerprint density at radius 1 is 1.22 bits per heavy atom. The summed E-state index contributed by atoms with van der Waals surface area (Å²) >= 11 is 1.43. The first-order valence-electron chi connectivity index (χ1n) is 9.56. The van der Waals surface area contributed by atoms with Gasteiger partial charge in [0.15, 0.2) is 5.16 Å². The number of allylic oxidation sites excluding steroid dienone is 1. The van der Waals surface area contributed by atoms with Crippen LogP contribution in [0.2, 0.25) is 0 Å². The molecule has 1 N–H and O–H groups in total. The van der Waals surface area contributed by atoms with E-state index in [0.29, 0.717) is 18.2 Å². The number of carbonyl (C=O) groups is 1. The average molecular weight is 384 g/mol. The van der Waals surface area contributed by atoms with Gasteiger partial charge in [-0.05, 0) is 49.9 Å². The van der Waals surface area contributed by atoms with Gasteiger partial charge < -0.3 is 14.8 Å². The van der Waals surface area contributed by atoms with E-state index in [1.54, 1.807) is 0 Å². The van der Waals surface area contributed by atoms with Crippen molar-refractivity contribution in [2.45, 2.75) is 43.3 Å². The van der Waals surface area contributed by atoms with Crippen LogP contribution in [0, 0.1) is 0 Å². The van der Waals surface area contributed by atoms with E-state index >= 15 is 0 Å². The Hall–Kier alpha value is -2.28. The second-order valence-corrected chi connectivity index (χ2v) is 8.03. The van der Waals surface area contributed by atoms with Crippen LogP contribution in [-0.4, -0.2) is 39.5 Å². The second kappa shape index (κ2) is 8.17. The van der Waals surface area contributed by atoms with Crippen LogP contribution >= 0.6 is 11.8 Å². The van der Waals surface area contributed by atoms with E-state index in [0.717, 1.165) is 29.8 Å². The van der Waals surface area contributed by atoms with Gasteiger partial charge in [-0.1, -0.05) is 17.8 Å². The zero-order valence-electron chi connectivity index (χ0n) is 15.4. The van der Waals surface area contributed by atoms with E-state index in [9.17, 15) is 4.79 Å². The number of hydrogen-bond donors (Lipinski definition) is 1. The summed E-state index contributed by atoms with van der Waals surface area (Å²) in [6.45, 7) is 6.74. The zero-order valence-corrected chi connectivity index (χ0v) is 16.2. The fraction of sp³-hybridized carbons (Fsp3) is 0.450. The normalized spacial score (nSPS) is 16.5. The minimum Gasteiger partial charge on any atom is -0.372 e. The molecule has 0 unspecified atom stereocenters. The highest BCUT2D eigenvalue weighted by Gasteiger charge is 2.30. The second-order valence-electron chi connectivity index (χ2n) is 7.09. The molecule has 2 aliphatic rings. The molecule has 0 atom stereocenters. The van der Waals surface area contributed by atoms with Crippen molar-refractivity contribution in [3.05, 3.63) is 42.7 Å². The van der Waals surface area contributed by atoms with E-state index in [1.165, 1.54) is 43.1 Å². The molecule has 4 rings (SSSR count). The van der Waals surface area contributed by atoms with Gasteiger partial charge >= 0.3 is 0 Å².